The third-order valence-corrected chi connectivity index (χ3v) is 3.06. The average Bonchev–Trinajstić information content (AvgIpc) is 2.74. The summed E-state index contributed by atoms with van der Waals surface area (Å²) < 4.78 is 2.13. The van der Waals surface area contributed by atoms with Gasteiger partial charge in [-0.2, -0.15) is 5.10 Å². The minimum atomic E-state index is 0.885. The molecule has 0 aliphatic carbocycles. The first kappa shape index (κ1) is 9.60. The first-order chi connectivity index (χ1) is 7.93. The van der Waals surface area contributed by atoms with Crippen LogP contribution in [0.1, 0.15) is 16.8 Å². The van der Waals surface area contributed by atoms with Crippen molar-refractivity contribution in [1.29, 1.82) is 0 Å². The molecule has 0 fully saturated rings. The third-order valence-electron chi connectivity index (χ3n) is 3.06. The second-order valence-electron chi connectivity index (χ2n) is 4.19. The lowest BCUT2D eigenvalue weighted by Gasteiger charge is -2.15. The summed E-state index contributed by atoms with van der Waals surface area (Å²) in [5.41, 5.74) is 4.05. The van der Waals surface area contributed by atoms with Crippen molar-refractivity contribution in [2.45, 2.75) is 19.5 Å². The van der Waals surface area contributed by atoms with E-state index in [9.17, 15) is 0 Å². The normalized spacial score (nSPS) is 14.8. The van der Waals surface area contributed by atoms with Crippen molar-refractivity contribution in [2.24, 2.45) is 0 Å². The van der Waals surface area contributed by atoms with Crippen molar-refractivity contribution >= 4 is 0 Å². The van der Waals surface area contributed by atoms with Crippen molar-refractivity contribution in [3.63, 3.8) is 0 Å². The fourth-order valence-electron chi connectivity index (χ4n) is 2.21. The molecule has 1 aromatic heterocycles. The molecule has 0 atom stereocenters. The minimum Gasteiger partial charge on any atom is -0.312 e. The molecule has 82 valence electrons. The van der Waals surface area contributed by atoms with Crippen molar-refractivity contribution in [3.8, 4) is 0 Å². The van der Waals surface area contributed by atoms with E-state index in [-0.39, 0.29) is 0 Å². The molecule has 2 heterocycles. The summed E-state index contributed by atoms with van der Waals surface area (Å²) in [6.07, 6.45) is 3.08. The molecule has 3 rings (SSSR count). The smallest absolute Gasteiger partial charge is 0.0662 e. The lowest BCUT2D eigenvalue weighted by atomic mass is 10.1. The summed E-state index contributed by atoms with van der Waals surface area (Å²) in [5.74, 6) is 0. The summed E-state index contributed by atoms with van der Waals surface area (Å²) in [5, 5.41) is 7.83. The molecule has 3 nitrogen and oxygen atoms in total. The van der Waals surface area contributed by atoms with Gasteiger partial charge in [0.15, 0.2) is 0 Å². The monoisotopic (exact) mass is 213 g/mol. The van der Waals surface area contributed by atoms with Gasteiger partial charge >= 0.3 is 0 Å². The summed E-state index contributed by atoms with van der Waals surface area (Å²) in [6, 6.07) is 10.5. The van der Waals surface area contributed by atoms with Gasteiger partial charge in [-0.1, -0.05) is 30.3 Å². The summed E-state index contributed by atoms with van der Waals surface area (Å²) in [4.78, 5) is 0. The van der Waals surface area contributed by atoms with Gasteiger partial charge in [0.1, 0.15) is 0 Å². The first-order valence-corrected chi connectivity index (χ1v) is 5.72. The molecule has 0 bridgehead atoms. The molecule has 2 aromatic rings. The van der Waals surface area contributed by atoms with Crippen LogP contribution in [0.2, 0.25) is 0 Å². The molecular weight excluding hydrogens is 198 g/mol. The molecule has 1 aliphatic rings. The molecule has 0 spiro atoms. The fraction of sp³-hybridized carbons (Fsp3) is 0.308. The van der Waals surface area contributed by atoms with Gasteiger partial charge in [-0.05, 0) is 5.56 Å². The van der Waals surface area contributed by atoms with E-state index in [0.29, 0.717) is 0 Å². The molecule has 1 aromatic carbocycles. The maximum Gasteiger partial charge on any atom is 0.0662 e. The summed E-state index contributed by atoms with van der Waals surface area (Å²) >= 11 is 0. The van der Waals surface area contributed by atoms with Gasteiger partial charge < -0.3 is 5.32 Å². The quantitative estimate of drug-likeness (QED) is 0.820. The Morgan fingerprint density at radius 2 is 2.12 bits per heavy atom. The van der Waals surface area contributed by atoms with E-state index in [0.717, 1.165) is 26.1 Å². The number of fused-ring (bicyclic) bond motifs is 1. The average molecular weight is 213 g/mol. The zero-order valence-corrected chi connectivity index (χ0v) is 9.19. The number of hydrogen-bond donors (Lipinski definition) is 1. The molecular formula is C13H15N3. The van der Waals surface area contributed by atoms with E-state index < -0.39 is 0 Å². The molecule has 3 heteroatoms. The second-order valence-corrected chi connectivity index (χ2v) is 4.19. The van der Waals surface area contributed by atoms with E-state index in [2.05, 4.69) is 39.4 Å². The largest absolute Gasteiger partial charge is 0.312 e. The lowest BCUT2D eigenvalue weighted by molar-refractivity contribution is 0.582. The third kappa shape index (κ3) is 1.74. The number of hydrogen-bond acceptors (Lipinski definition) is 2. The van der Waals surface area contributed by atoms with Crippen LogP contribution in [0, 0.1) is 0 Å². The lowest BCUT2D eigenvalue weighted by Crippen LogP contribution is -2.24. The number of nitrogens with one attached hydrogen (secondary N) is 1. The molecule has 0 unspecified atom stereocenters. The molecule has 0 amide bonds. The van der Waals surface area contributed by atoms with Crippen molar-refractivity contribution in [3.05, 3.63) is 53.3 Å². The molecule has 16 heavy (non-hydrogen) atoms. The summed E-state index contributed by atoms with van der Waals surface area (Å²) in [6.45, 7) is 2.91. The SMILES string of the molecule is c1ccc(Cn2ncc3c2CCNC3)cc1. The van der Waals surface area contributed by atoms with Crippen molar-refractivity contribution in [2.75, 3.05) is 6.54 Å². The highest BCUT2D eigenvalue weighted by molar-refractivity contribution is 5.22. The number of rotatable bonds is 2. The van der Waals surface area contributed by atoms with Gasteiger partial charge in [-0.25, -0.2) is 0 Å². The number of nitrogens with zero attached hydrogens (tertiary/aromatic N) is 2. The van der Waals surface area contributed by atoms with Crippen LogP contribution in [-0.2, 0) is 19.5 Å². The van der Waals surface area contributed by atoms with E-state index in [1.807, 2.05) is 12.3 Å². The highest BCUT2D eigenvalue weighted by atomic mass is 15.3. The number of benzene rings is 1. The summed E-state index contributed by atoms with van der Waals surface area (Å²) in [7, 11) is 0. The van der Waals surface area contributed by atoms with E-state index in [1.54, 1.807) is 0 Å². The Morgan fingerprint density at radius 1 is 1.25 bits per heavy atom. The van der Waals surface area contributed by atoms with Crippen molar-refractivity contribution < 1.29 is 0 Å². The highest BCUT2D eigenvalue weighted by Crippen LogP contribution is 2.14. The van der Waals surface area contributed by atoms with Gasteiger partial charge in [0.2, 0.25) is 0 Å². The number of aromatic nitrogens is 2. The molecule has 0 radical (unpaired) electrons. The van der Waals surface area contributed by atoms with Gasteiger partial charge in [-0.3, -0.25) is 4.68 Å². The minimum absolute atomic E-state index is 0.885. The first-order valence-electron chi connectivity index (χ1n) is 5.72. The van der Waals surface area contributed by atoms with Crippen LogP contribution in [-0.4, -0.2) is 16.3 Å². The maximum absolute atomic E-state index is 4.47. The maximum atomic E-state index is 4.47. The standard InChI is InChI=1S/C13H15N3/c1-2-4-11(5-3-1)10-16-13-6-7-14-8-12(13)9-15-16/h1-5,9,14H,6-8,10H2. The Bertz CT molecular complexity index is 473. The Balaban J connectivity index is 1.88. The van der Waals surface area contributed by atoms with Crippen LogP contribution < -0.4 is 5.32 Å². The molecule has 0 saturated heterocycles. The van der Waals surface area contributed by atoms with Crippen LogP contribution in [0.25, 0.3) is 0 Å². The van der Waals surface area contributed by atoms with Gasteiger partial charge in [0.25, 0.3) is 0 Å². The zero-order valence-electron chi connectivity index (χ0n) is 9.19. The van der Waals surface area contributed by atoms with Gasteiger partial charge in [0.05, 0.1) is 12.7 Å². The van der Waals surface area contributed by atoms with Crippen LogP contribution in [0.5, 0.6) is 0 Å². The second kappa shape index (κ2) is 4.10. The predicted octanol–water partition coefficient (Wildman–Crippen LogP) is 1.58. The van der Waals surface area contributed by atoms with Crippen molar-refractivity contribution in [1.82, 2.24) is 15.1 Å². The Labute approximate surface area is 95.1 Å². The van der Waals surface area contributed by atoms with Crippen LogP contribution in [0.3, 0.4) is 0 Å². The van der Waals surface area contributed by atoms with Gasteiger partial charge in [-0.15, -0.1) is 0 Å². The topological polar surface area (TPSA) is 29.9 Å². The Hall–Kier alpha value is -1.61. The Kier molecular flexibility index (Phi) is 2.46. The van der Waals surface area contributed by atoms with E-state index >= 15 is 0 Å². The molecule has 0 saturated carbocycles. The Morgan fingerprint density at radius 3 is 3.00 bits per heavy atom. The molecule has 1 aliphatic heterocycles. The van der Waals surface area contributed by atoms with E-state index in [4.69, 9.17) is 0 Å². The van der Waals surface area contributed by atoms with Gasteiger partial charge in [0, 0.05) is 30.8 Å². The highest BCUT2D eigenvalue weighted by Gasteiger charge is 2.14. The fourth-order valence-corrected chi connectivity index (χ4v) is 2.21. The van der Waals surface area contributed by atoms with Crippen LogP contribution in [0.15, 0.2) is 36.5 Å². The molecule has 1 N–H and O–H groups in total. The van der Waals surface area contributed by atoms with Crippen LogP contribution in [0.4, 0.5) is 0 Å². The zero-order chi connectivity index (χ0) is 10.8. The van der Waals surface area contributed by atoms with Crippen LogP contribution >= 0.6 is 0 Å². The van der Waals surface area contributed by atoms with E-state index in [1.165, 1.54) is 16.8 Å². The predicted molar refractivity (Wildman–Crippen MR) is 63.2 cm³/mol.